The summed E-state index contributed by atoms with van der Waals surface area (Å²) in [6.45, 7) is 1.43. The number of pyridine rings is 1. The smallest absolute Gasteiger partial charge is 0.337 e. The average Bonchev–Trinajstić information content (AvgIpc) is 3.52. The van der Waals surface area contributed by atoms with Crippen LogP contribution in [0.2, 0.25) is 0 Å². The van der Waals surface area contributed by atoms with E-state index in [2.05, 4.69) is 58.1 Å². The van der Waals surface area contributed by atoms with Crippen molar-refractivity contribution in [1.29, 1.82) is 0 Å². The molecule has 1 fully saturated rings. The fraction of sp³-hybridized carbons (Fsp3) is 0.250. The van der Waals surface area contributed by atoms with Gasteiger partial charge in [0.15, 0.2) is 0 Å². The molecular formula is C24H23N3O2. The van der Waals surface area contributed by atoms with E-state index in [4.69, 9.17) is 0 Å². The maximum absolute atomic E-state index is 11.4. The van der Waals surface area contributed by atoms with Crippen molar-refractivity contribution in [2.75, 3.05) is 11.9 Å². The van der Waals surface area contributed by atoms with Crippen LogP contribution < -0.4 is 10.6 Å². The summed E-state index contributed by atoms with van der Waals surface area (Å²) in [5.74, 6) is -0.230. The van der Waals surface area contributed by atoms with Crippen LogP contribution in [0.1, 0.15) is 51.8 Å². The predicted octanol–water partition coefficient (Wildman–Crippen LogP) is 4.58. The van der Waals surface area contributed by atoms with Gasteiger partial charge in [-0.3, -0.25) is 4.98 Å². The summed E-state index contributed by atoms with van der Waals surface area (Å²) in [6.07, 6.45) is 5.66. The summed E-state index contributed by atoms with van der Waals surface area (Å²) < 4.78 is 0. The molecule has 1 atom stereocenters. The van der Waals surface area contributed by atoms with E-state index in [0.29, 0.717) is 12.2 Å². The molecule has 29 heavy (non-hydrogen) atoms. The molecule has 5 heteroatoms. The zero-order valence-electron chi connectivity index (χ0n) is 16.1. The first-order valence-corrected chi connectivity index (χ1v) is 10.1. The number of hydrogen-bond donors (Lipinski definition) is 3. The first-order valence-electron chi connectivity index (χ1n) is 10.1. The molecule has 1 aromatic heterocycles. The highest BCUT2D eigenvalue weighted by atomic mass is 16.4. The van der Waals surface area contributed by atoms with E-state index >= 15 is 0 Å². The van der Waals surface area contributed by atoms with Gasteiger partial charge in [0.2, 0.25) is 0 Å². The maximum atomic E-state index is 11.4. The van der Waals surface area contributed by atoms with Crippen LogP contribution in [-0.4, -0.2) is 22.6 Å². The summed E-state index contributed by atoms with van der Waals surface area (Å²) in [4.78, 5) is 15.4. The van der Waals surface area contributed by atoms with E-state index in [1.54, 1.807) is 6.20 Å². The van der Waals surface area contributed by atoms with E-state index in [1.807, 2.05) is 0 Å². The first-order chi connectivity index (χ1) is 14.2. The van der Waals surface area contributed by atoms with Crippen LogP contribution in [0, 0.1) is 0 Å². The Hall–Kier alpha value is -3.18. The number of nitrogens with zero attached hydrogens (tertiary/aromatic N) is 1. The van der Waals surface area contributed by atoms with Gasteiger partial charge >= 0.3 is 5.97 Å². The molecule has 5 rings (SSSR count). The normalized spacial score (nSPS) is 17.7. The lowest BCUT2D eigenvalue weighted by atomic mass is 9.93. The molecule has 0 bridgehead atoms. The summed E-state index contributed by atoms with van der Waals surface area (Å²) in [7, 11) is 0. The van der Waals surface area contributed by atoms with Crippen molar-refractivity contribution < 1.29 is 9.90 Å². The van der Waals surface area contributed by atoms with Gasteiger partial charge in [-0.25, -0.2) is 4.79 Å². The molecule has 2 aliphatic rings. The van der Waals surface area contributed by atoms with E-state index in [-0.39, 0.29) is 11.6 Å². The largest absolute Gasteiger partial charge is 0.478 e. The lowest BCUT2D eigenvalue weighted by Crippen LogP contribution is -2.22. The minimum absolute atomic E-state index is 0.138. The molecule has 2 aromatic carbocycles. The monoisotopic (exact) mass is 385 g/mol. The van der Waals surface area contributed by atoms with Crippen LogP contribution in [-0.2, 0) is 6.54 Å². The van der Waals surface area contributed by atoms with Crippen molar-refractivity contribution in [3.8, 4) is 11.1 Å². The number of rotatable bonds is 6. The Morgan fingerprint density at radius 2 is 2.00 bits per heavy atom. The van der Waals surface area contributed by atoms with Crippen LogP contribution in [0.4, 0.5) is 5.69 Å². The molecule has 3 N–H and O–H groups in total. The summed E-state index contributed by atoms with van der Waals surface area (Å²) in [5, 5.41) is 16.1. The Morgan fingerprint density at radius 3 is 2.83 bits per heavy atom. The number of anilines is 1. The van der Waals surface area contributed by atoms with Gasteiger partial charge in [-0.15, -0.1) is 0 Å². The van der Waals surface area contributed by atoms with Gasteiger partial charge in [-0.05, 0) is 58.7 Å². The SMILES string of the molecule is O=C(O)c1ccncc1NC[C@H]1NCc2cc(-c3ccccc3C3CC3)ccc21. The van der Waals surface area contributed by atoms with Gasteiger partial charge in [-0.1, -0.05) is 36.4 Å². The molecule has 0 radical (unpaired) electrons. The van der Waals surface area contributed by atoms with Gasteiger partial charge in [0.25, 0.3) is 0 Å². The highest BCUT2D eigenvalue weighted by Crippen LogP contribution is 2.44. The predicted molar refractivity (Wildman–Crippen MR) is 113 cm³/mol. The number of hydrogen-bond acceptors (Lipinski definition) is 4. The van der Waals surface area contributed by atoms with Crippen LogP contribution in [0.5, 0.6) is 0 Å². The molecule has 146 valence electrons. The van der Waals surface area contributed by atoms with Crippen LogP contribution in [0.25, 0.3) is 11.1 Å². The van der Waals surface area contributed by atoms with Gasteiger partial charge < -0.3 is 15.7 Å². The third-order valence-electron chi connectivity index (χ3n) is 5.89. The fourth-order valence-electron chi connectivity index (χ4n) is 4.24. The Kier molecular flexibility index (Phi) is 4.52. The summed E-state index contributed by atoms with van der Waals surface area (Å²) in [5.41, 5.74) is 7.46. The molecule has 0 saturated heterocycles. The van der Waals surface area contributed by atoms with Crippen molar-refractivity contribution >= 4 is 11.7 Å². The number of aromatic carboxylic acids is 1. The molecule has 1 aliphatic heterocycles. The third-order valence-corrected chi connectivity index (χ3v) is 5.89. The van der Waals surface area contributed by atoms with Crippen molar-refractivity contribution in [1.82, 2.24) is 10.3 Å². The van der Waals surface area contributed by atoms with Gasteiger partial charge in [0.05, 0.1) is 23.5 Å². The second-order valence-electron chi connectivity index (χ2n) is 7.82. The number of carboxylic acids is 1. The third kappa shape index (κ3) is 3.49. The minimum Gasteiger partial charge on any atom is -0.478 e. The maximum Gasteiger partial charge on any atom is 0.337 e. The first kappa shape index (κ1) is 17.9. The molecule has 0 amide bonds. The summed E-state index contributed by atoms with van der Waals surface area (Å²) in [6, 6.07) is 17.1. The number of fused-ring (bicyclic) bond motifs is 1. The highest BCUT2D eigenvalue weighted by molar-refractivity contribution is 5.93. The Labute approximate surface area is 169 Å². The number of aromatic nitrogens is 1. The zero-order chi connectivity index (χ0) is 19.8. The fourth-order valence-corrected chi connectivity index (χ4v) is 4.24. The molecule has 5 nitrogen and oxygen atoms in total. The van der Waals surface area contributed by atoms with Crippen molar-refractivity contribution in [3.63, 3.8) is 0 Å². The molecule has 2 heterocycles. The summed E-state index contributed by atoms with van der Waals surface area (Å²) >= 11 is 0. The number of nitrogens with one attached hydrogen (secondary N) is 2. The van der Waals surface area contributed by atoms with Gasteiger partial charge in [0, 0.05) is 19.3 Å². The standard InChI is InChI=1S/C24H23N3O2/c28-24(29)21-9-10-25-13-22(21)27-14-23-20-8-7-16(11-17(20)12-26-23)19-4-2-1-3-18(19)15-5-6-15/h1-4,7-11,13,15,23,26-27H,5-6,12,14H2,(H,28,29)/t23-/m1/s1. The van der Waals surface area contributed by atoms with Crippen LogP contribution in [0.3, 0.4) is 0 Å². The van der Waals surface area contributed by atoms with Gasteiger partial charge in [-0.2, -0.15) is 0 Å². The molecule has 1 saturated carbocycles. The van der Waals surface area contributed by atoms with E-state index in [9.17, 15) is 9.90 Å². The average molecular weight is 385 g/mol. The van der Waals surface area contributed by atoms with Crippen LogP contribution >= 0.6 is 0 Å². The number of benzene rings is 2. The lowest BCUT2D eigenvalue weighted by Gasteiger charge is -2.16. The van der Waals surface area contributed by atoms with Crippen molar-refractivity contribution in [3.05, 3.63) is 83.2 Å². The van der Waals surface area contributed by atoms with Gasteiger partial charge in [0.1, 0.15) is 0 Å². The Balaban J connectivity index is 1.36. The molecular weight excluding hydrogens is 362 g/mol. The van der Waals surface area contributed by atoms with Crippen LogP contribution in [0.15, 0.2) is 60.9 Å². The Morgan fingerprint density at radius 1 is 1.14 bits per heavy atom. The van der Waals surface area contributed by atoms with Crippen molar-refractivity contribution in [2.24, 2.45) is 0 Å². The molecule has 1 aliphatic carbocycles. The molecule has 0 spiro atoms. The number of carbonyl (C=O) groups is 1. The minimum atomic E-state index is -0.950. The van der Waals surface area contributed by atoms with E-state index in [0.717, 1.165) is 12.5 Å². The quantitative estimate of drug-likeness (QED) is 0.579. The molecule has 0 unspecified atom stereocenters. The molecule has 3 aromatic rings. The Bertz CT molecular complexity index is 1080. The second-order valence-corrected chi connectivity index (χ2v) is 7.82. The van der Waals surface area contributed by atoms with Crippen molar-refractivity contribution in [2.45, 2.75) is 31.3 Å². The van der Waals surface area contributed by atoms with E-state index in [1.165, 1.54) is 52.9 Å². The second kappa shape index (κ2) is 7.33. The zero-order valence-corrected chi connectivity index (χ0v) is 16.1. The highest BCUT2D eigenvalue weighted by Gasteiger charge is 2.27. The number of carboxylic acid groups (broad SMARTS) is 1. The van der Waals surface area contributed by atoms with E-state index < -0.39 is 5.97 Å². The topological polar surface area (TPSA) is 74.2 Å². The lowest BCUT2D eigenvalue weighted by molar-refractivity contribution is 0.0698.